The summed E-state index contributed by atoms with van der Waals surface area (Å²) >= 11 is 0. The Balaban J connectivity index is 1.59. The monoisotopic (exact) mass is 340 g/mol. The molecule has 4 fully saturated rings. The van der Waals surface area contributed by atoms with Gasteiger partial charge in [-0.3, -0.25) is 9.59 Å². The number of carbonyl (C=O) groups is 2. The van der Waals surface area contributed by atoms with Gasteiger partial charge in [-0.15, -0.1) is 0 Å². The maximum Gasteiger partial charge on any atom is 0.178 e. The number of hydrogen-bond acceptors (Lipinski definition) is 3. The molecule has 0 amide bonds. The van der Waals surface area contributed by atoms with E-state index in [1.54, 1.807) is 13.0 Å². The predicted octanol–water partition coefficient (Wildman–Crippen LogP) is 3.88. The van der Waals surface area contributed by atoms with Crippen molar-refractivity contribution in [2.24, 2.45) is 34.5 Å². The number of ketones is 2. The molecule has 3 heteroatoms. The van der Waals surface area contributed by atoms with E-state index >= 15 is 0 Å². The third-order valence-electron chi connectivity index (χ3n) is 8.71. The van der Waals surface area contributed by atoms with Crippen LogP contribution in [0.5, 0.6) is 0 Å². The van der Waals surface area contributed by atoms with E-state index in [2.05, 4.69) is 26.8 Å². The fourth-order valence-corrected chi connectivity index (χ4v) is 7.88. The molecule has 0 aromatic carbocycles. The third kappa shape index (κ3) is 1.67. The zero-order valence-corrected chi connectivity index (χ0v) is 15.7. The number of ether oxygens (including phenoxy) is 1. The highest BCUT2D eigenvalue weighted by molar-refractivity contribution is 6.01. The zero-order chi connectivity index (χ0) is 17.8. The van der Waals surface area contributed by atoms with Gasteiger partial charge in [-0.25, -0.2) is 0 Å². The van der Waals surface area contributed by atoms with E-state index in [0.29, 0.717) is 23.5 Å². The van der Waals surface area contributed by atoms with Crippen LogP contribution in [0, 0.1) is 34.5 Å². The minimum Gasteiger partial charge on any atom is -0.364 e. The van der Waals surface area contributed by atoms with Crippen molar-refractivity contribution < 1.29 is 14.3 Å². The standard InChI is InChI=1S/C22H28O3/c1-12-9-17-16-6-5-14-10-15(24)7-8-21(14,4)22(16)18(25-22)11-20(17,3)19(12)13(2)23/h7-8,10,12,16-19H,5-6,9,11H2,1-4H3/t12-,16-,17-,18-,19+,20-,21-,22+/m0/s1. The van der Waals surface area contributed by atoms with Gasteiger partial charge >= 0.3 is 0 Å². The Hall–Kier alpha value is -1.22. The zero-order valence-electron chi connectivity index (χ0n) is 15.7. The van der Waals surface area contributed by atoms with E-state index in [1.165, 1.54) is 5.57 Å². The molecule has 8 atom stereocenters. The van der Waals surface area contributed by atoms with Gasteiger partial charge in [0.1, 0.15) is 11.4 Å². The van der Waals surface area contributed by atoms with E-state index < -0.39 is 0 Å². The molecule has 0 aromatic heterocycles. The van der Waals surface area contributed by atoms with E-state index in [4.69, 9.17) is 4.74 Å². The van der Waals surface area contributed by atoms with Crippen molar-refractivity contribution in [1.82, 2.24) is 0 Å². The molecule has 0 unspecified atom stereocenters. The lowest BCUT2D eigenvalue weighted by atomic mass is 9.47. The van der Waals surface area contributed by atoms with Crippen molar-refractivity contribution in [3.8, 4) is 0 Å². The van der Waals surface area contributed by atoms with Crippen LogP contribution in [-0.2, 0) is 14.3 Å². The second kappa shape index (κ2) is 4.54. The van der Waals surface area contributed by atoms with E-state index in [0.717, 1.165) is 25.7 Å². The Labute approximate surface area is 149 Å². The topological polar surface area (TPSA) is 46.7 Å². The maximum atomic E-state index is 12.4. The second-order valence-electron chi connectivity index (χ2n) is 9.77. The average molecular weight is 340 g/mol. The SMILES string of the molecule is CC(=O)[C@H]1[C@@H](C)C[C@H]2[C@@H]3CCC4=CC(=O)C=C[C@]4(C)[C@@]34O[C@H]4C[C@@]21C. The Morgan fingerprint density at radius 3 is 2.76 bits per heavy atom. The number of fused-ring (bicyclic) bond motifs is 3. The van der Waals surface area contributed by atoms with Crippen LogP contribution >= 0.6 is 0 Å². The van der Waals surface area contributed by atoms with E-state index in [1.807, 2.05) is 6.08 Å². The van der Waals surface area contributed by atoms with Crippen LogP contribution in [0.2, 0.25) is 0 Å². The molecule has 1 heterocycles. The molecule has 0 aromatic rings. The molecular weight excluding hydrogens is 312 g/mol. The van der Waals surface area contributed by atoms with Crippen molar-refractivity contribution >= 4 is 11.6 Å². The highest BCUT2D eigenvalue weighted by Crippen LogP contribution is 2.75. The normalized spacial score (nSPS) is 55.6. The first-order valence-corrected chi connectivity index (χ1v) is 9.86. The molecule has 0 bridgehead atoms. The molecule has 25 heavy (non-hydrogen) atoms. The van der Waals surface area contributed by atoms with Gasteiger partial charge in [0.2, 0.25) is 0 Å². The largest absolute Gasteiger partial charge is 0.364 e. The highest BCUT2D eigenvalue weighted by atomic mass is 16.6. The van der Waals surface area contributed by atoms with E-state index in [9.17, 15) is 9.59 Å². The molecule has 4 aliphatic carbocycles. The first-order valence-electron chi connectivity index (χ1n) is 9.86. The van der Waals surface area contributed by atoms with Gasteiger partial charge in [0.15, 0.2) is 5.78 Å². The second-order valence-corrected chi connectivity index (χ2v) is 9.77. The lowest BCUT2D eigenvalue weighted by Crippen LogP contribution is -2.56. The summed E-state index contributed by atoms with van der Waals surface area (Å²) in [4.78, 5) is 24.3. The van der Waals surface area contributed by atoms with E-state index in [-0.39, 0.29) is 34.2 Å². The third-order valence-corrected chi connectivity index (χ3v) is 8.71. The number of allylic oxidation sites excluding steroid dienone is 2. The molecule has 1 spiro atoms. The molecule has 3 nitrogen and oxygen atoms in total. The average Bonchev–Trinajstić information content (AvgIpc) is 3.16. The van der Waals surface area contributed by atoms with Crippen molar-refractivity contribution in [2.75, 3.05) is 0 Å². The van der Waals surface area contributed by atoms with Gasteiger partial charge in [-0.2, -0.15) is 0 Å². The Bertz CT molecular complexity index is 748. The van der Waals surface area contributed by atoms with Gasteiger partial charge in [0.25, 0.3) is 0 Å². The van der Waals surface area contributed by atoms with Gasteiger partial charge in [0, 0.05) is 11.3 Å². The van der Waals surface area contributed by atoms with Crippen molar-refractivity contribution in [3.05, 3.63) is 23.8 Å². The summed E-state index contributed by atoms with van der Waals surface area (Å²) in [5.41, 5.74) is 1.06. The molecule has 1 saturated heterocycles. The number of carbonyl (C=O) groups excluding carboxylic acids is 2. The van der Waals surface area contributed by atoms with Crippen molar-refractivity contribution in [2.45, 2.75) is 65.1 Å². The van der Waals surface area contributed by atoms with Crippen LogP contribution in [-0.4, -0.2) is 23.3 Å². The molecule has 1 aliphatic heterocycles. The molecule has 5 rings (SSSR count). The number of rotatable bonds is 1. The smallest absolute Gasteiger partial charge is 0.178 e. The van der Waals surface area contributed by atoms with Crippen LogP contribution in [0.3, 0.4) is 0 Å². The molecular formula is C22H28O3. The quantitative estimate of drug-likeness (QED) is 0.681. The van der Waals surface area contributed by atoms with Gasteiger partial charge in [-0.05, 0) is 74.9 Å². The first-order chi connectivity index (χ1) is 11.7. The Morgan fingerprint density at radius 1 is 1.28 bits per heavy atom. The molecule has 134 valence electrons. The van der Waals surface area contributed by atoms with Crippen LogP contribution < -0.4 is 0 Å². The number of Topliss-reactive ketones (excluding diaryl/α,β-unsaturated/α-hetero) is 1. The van der Waals surface area contributed by atoms with Gasteiger partial charge < -0.3 is 4.74 Å². The van der Waals surface area contributed by atoms with Gasteiger partial charge in [-0.1, -0.05) is 25.5 Å². The first kappa shape index (κ1) is 16.0. The van der Waals surface area contributed by atoms with Crippen molar-refractivity contribution in [1.29, 1.82) is 0 Å². The fraction of sp³-hybridized carbons (Fsp3) is 0.727. The lowest BCUT2D eigenvalue weighted by Gasteiger charge is -2.54. The Morgan fingerprint density at radius 2 is 2.04 bits per heavy atom. The van der Waals surface area contributed by atoms with Crippen molar-refractivity contribution in [3.63, 3.8) is 0 Å². The molecule has 0 radical (unpaired) electrons. The predicted molar refractivity (Wildman–Crippen MR) is 94.8 cm³/mol. The minimum absolute atomic E-state index is 0.0758. The summed E-state index contributed by atoms with van der Waals surface area (Å²) in [6, 6.07) is 0. The fourth-order valence-electron chi connectivity index (χ4n) is 7.88. The minimum atomic E-state index is -0.145. The molecule has 0 N–H and O–H groups in total. The summed E-state index contributed by atoms with van der Waals surface area (Å²) in [6.07, 6.45) is 10.2. The van der Waals surface area contributed by atoms with Crippen LogP contribution in [0.4, 0.5) is 0 Å². The van der Waals surface area contributed by atoms with Crippen LogP contribution in [0.15, 0.2) is 23.8 Å². The summed E-state index contributed by atoms with van der Waals surface area (Å²) in [5.74, 6) is 2.17. The summed E-state index contributed by atoms with van der Waals surface area (Å²) in [6.45, 7) is 8.68. The Kier molecular flexibility index (Phi) is 2.90. The molecule has 5 aliphatic rings. The van der Waals surface area contributed by atoms with Crippen LogP contribution in [0.25, 0.3) is 0 Å². The summed E-state index contributed by atoms with van der Waals surface area (Å²) in [5, 5.41) is 0. The summed E-state index contributed by atoms with van der Waals surface area (Å²) in [7, 11) is 0. The number of epoxide rings is 1. The van der Waals surface area contributed by atoms with Crippen LogP contribution in [0.1, 0.15) is 53.4 Å². The summed E-state index contributed by atoms with van der Waals surface area (Å²) < 4.78 is 6.53. The lowest BCUT2D eigenvalue weighted by molar-refractivity contribution is -0.127. The molecule has 3 saturated carbocycles. The highest BCUT2D eigenvalue weighted by Gasteiger charge is 2.79. The maximum absolute atomic E-state index is 12.4. The number of hydrogen-bond donors (Lipinski definition) is 0. The van der Waals surface area contributed by atoms with Gasteiger partial charge in [0.05, 0.1) is 6.10 Å².